The molecule has 0 spiro atoms. The van der Waals surface area contributed by atoms with Crippen LogP contribution in [-0.4, -0.2) is 48.1 Å². The van der Waals surface area contributed by atoms with Crippen molar-refractivity contribution in [1.29, 1.82) is 0 Å². The fourth-order valence-corrected chi connectivity index (χ4v) is 4.85. The maximum Gasteiger partial charge on any atom is 0.295 e. The van der Waals surface area contributed by atoms with E-state index in [2.05, 4.69) is 6.92 Å². The fourth-order valence-electron chi connectivity index (χ4n) is 4.85. The van der Waals surface area contributed by atoms with Crippen molar-refractivity contribution in [1.82, 2.24) is 4.90 Å². The lowest BCUT2D eigenvalue weighted by atomic mass is 9.92. The van der Waals surface area contributed by atoms with Gasteiger partial charge in [-0.25, -0.2) is 0 Å². The van der Waals surface area contributed by atoms with Gasteiger partial charge in [0, 0.05) is 18.7 Å². The molecule has 6 heteroatoms. The number of aryl methyl sites for hydroxylation is 1. The predicted octanol–water partition coefficient (Wildman–Crippen LogP) is 4.98. The van der Waals surface area contributed by atoms with Crippen molar-refractivity contribution in [3.8, 4) is 5.75 Å². The van der Waals surface area contributed by atoms with Crippen LogP contribution in [0.15, 0.2) is 48.0 Å². The monoisotopic (exact) mass is 463 g/mol. The smallest absolute Gasteiger partial charge is 0.295 e. The molecule has 6 nitrogen and oxygen atoms in total. The Kier molecular flexibility index (Phi) is 7.08. The molecule has 1 amide bonds. The van der Waals surface area contributed by atoms with Gasteiger partial charge >= 0.3 is 0 Å². The van der Waals surface area contributed by atoms with Gasteiger partial charge in [0.15, 0.2) is 0 Å². The highest BCUT2D eigenvalue weighted by Gasteiger charge is 2.47. The van der Waals surface area contributed by atoms with E-state index >= 15 is 0 Å². The Morgan fingerprint density at radius 3 is 2.50 bits per heavy atom. The average Bonchev–Trinajstić information content (AvgIpc) is 3.45. The Morgan fingerprint density at radius 2 is 1.91 bits per heavy atom. The van der Waals surface area contributed by atoms with Gasteiger partial charge in [0.1, 0.15) is 11.5 Å². The lowest BCUT2D eigenvalue weighted by molar-refractivity contribution is -0.140. The molecule has 0 aliphatic carbocycles. The molecule has 2 aliphatic rings. The largest absolute Gasteiger partial charge is 0.507 e. The lowest BCUT2D eigenvalue weighted by Gasteiger charge is -2.27. The molecule has 2 aliphatic heterocycles. The van der Waals surface area contributed by atoms with Gasteiger partial charge in [-0.1, -0.05) is 45.0 Å². The molecule has 0 saturated carbocycles. The molecular weight excluding hydrogens is 430 g/mol. The van der Waals surface area contributed by atoms with E-state index in [1.807, 2.05) is 44.2 Å². The standard InChI is InChI=1S/C28H33NO5/c1-5-18-8-10-19(11-9-18)25-24(27(31)28(32)29(25)16-21-7-6-14-34-21)26(30)20-12-13-23(33-4)22(15-20)17(2)3/h8-13,15,17,21,25,30H,5-7,14,16H2,1-4H3/b26-24-. The summed E-state index contributed by atoms with van der Waals surface area (Å²) in [5, 5.41) is 11.4. The summed E-state index contributed by atoms with van der Waals surface area (Å²) in [4.78, 5) is 28.0. The van der Waals surface area contributed by atoms with Gasteiger partial charge in [-0.2, -0.15) is 0 Å². The Bertz CT molecular complexity index is 1100. The molecule has 34 heavy (non-hydrogen) atoms. The number of Topliss-reactive ketones (excluding diaryl/α,β-unsaturated/α-hetero) is 1. The zero-order valence-corrected chi connectivity index (χ0v) is 20.3. The summed E-state index contributed by atoms with van der Waals surface area (Å²) in [6.07, 6.45) is 2.57. The minimum Gasteiger partial charge on any atom is -0.507 e. The molecule has 2 heterocycles. The van der Waals surface area contributed by atoms with Gasteiger partial charge in [-0.3, -0.25) is 9.59 Å². The number of amides is 1. The first-order valence-electron chi connectivity index (χ1n) is 12.0. The quantitative estimate of drug-likeness (QED) is 0.356. The molecule has 0 bridgehead atoms. The zero-order chi connectivity index (χ0) is 24.4. The molecule has 180 valence electrons. The number of methoxy groups -OCH3 is 1. The van der Waals surface area contributed by atoms with Crippen LogP contribution in [0.5, 0.6) is 5.75 Å². The first kappa shape index (κ1) is 24.0. The number of aliphatic hydroxyl groups excluding tert-OH is 1. The number of hydrogen-bond acceptors (Lipinski definition) is 5. The van der Waals surface area contributed by atoms with Crippen molar-refractivity contribution in [3.63, 3.8) is 0 Å². The second-order valence-corrected chi connectivity index (χ2v) is 9.29. The molecular formula is C28H33NO5. The number of rotatable bonds is 7. The van der Waals surface area contributed by atoms with E-state index < -0.39 is 17.7 Å². The number of benzene rings is 2. The van der Waals surface area contributed by atoms with Crippen molar-refractivity contribution >= 4 is 17.4 Å². The van der Waals surface area contributed by atoms with Gasteiger partial charge in [0.25, 0.3) is 11.7 Å². The normalized spacial score (nSPS) is 22.1. The van der Waals surface area contributed by atoms with Gasteiger partial charge in [-0.05, 0) is 60.1 Å². The Morgan fingerprint density at radius 1 is 1.18 bits per heavy atom. The second kappa shape index (κ2) is 10.0. The third kappa shape index (κ3) is 4.47. The van der Waals surface area contributed by atoms with Crippen molar-refractivity contribution in [2.24, 2.45) is 0 Å². The summed E-state index contributed by atoms with van der Waals surface area (Å²) in [5.74, 6) is -0.553. The van der Waals surface area contributed by atoms with Crippen LogP contribution in [0.2, 0.25) is 0 Å². The summed E-state index contributed by atoms with van der Waals surface area (Å²) in [6.45, 7) is 7.14. The van der Waals surface area contributed by atoms with E-state index in [0.717, 1.165) is 41.7 Å². The van der Waals surface area contributed by atoms with Crippen molar-refractivity contribution in [2.75, 3.05) is 20.3 Å². The van der Waals surface area contributed by atoms with Crippen molar-refractivity contribution in [3.05, 3.63) is 70.3 Å². The predicted molar refractivity (Wildman–Crippen MR) is 131 cm³/mol. The summed E-state index contributed by atoms with van der Waals surface area (Å²) < 4.78 is 11.2. The van der Waals surface area contributed by atoms with Gasteiger partial charge in [-0.15, -0.1) is 0 Å². The number of aliphatic hydroxyl groups is 1. The van der Waals surface area contributed by atoms with Gasteiger partial charge in [0.05, 0.1) is 24.8 Å². The van der Waals surface area contributed by atoms with Crippen LogP contribution >= 0.6 is 0 Å². The summed E-state index contributed by atoms with van der Waals surface area (Å²) in [6, 6.07) is 12.6. The zero-order valence-electron chi connectivity index (χ0n) is 20.3. The maximum atomic E-state index is 13.3. The third-order valence-electron chi connectivity index (χ3n) is 6.79. The maximum absolute atomic E-state index is 13.3. The number of carbonyl (C=O) groups excluding carboxylic acids is 2. The number of hydrogen-bond donors (Lipinski definition) is 1. The van der Waals surface area contributed by atoms with Crippen LogP contribution in [-0.2, 0) is 20.7 Å². The lowest BCUT2D eigenvalue weighted by Crippen LogP contribution is -2.36. The minimum absolute atomic E-state index is 0.107. The van der Waals surface area contributed by atoms with Crippen LogP contribution in [0.4, 0.5) is 0 Å². The first-order chi connectivity index (χ1) is 16.3. The minimum atomic E-state index is -0.667. The first-order valence-corrected chi connectivity index (χ1v) is 12.0. The van der Waals surface area contributed by atoms with Crippen LogP contribution in [0.1, 0.15) is 67.8 Å². The number of ketones is 1. The summed E-state index contributed by atoms with van der Waals surface area (Å²) >= 11 is 0. The summed E-state index contributed by atoms with van der Waals surface area (Å²) in [5.41, 5.74) is 3.50. The fraction of sp³-hybridized carbons (Fsp3) is 0.429. The van der Waals surface area contributed by atoms with E-state index in [4.69, 9.17) is 9.47 Å². The Labute approximate surface area is 201 Å². The van der Waals surface area contributed by atoms with Gasteiger partial charge in [0.2, 0.25) is 0 Å². The molecule has 2 unspecified atom stereocenters. The van der Waals surface area contributed by atoms with Crippen molar-refractivity contribution < 1.29 is 24.2 Å². The third-order valence-corrected chi connectivity index (χ3v) is 6.79. The van der Waals surface area contributed by atoms with Crippen LogP contribution in [0.25, 0.3) is 5.76 Å². The molecule has 2 atom stereocenters. The number of nitrogens with zero attached hydrogens (tertiary/aromatic N) is 1. The molecule has 2 fully saturated rings. The molecule has 2 aromatic carbocycles. The van der Waals surface area contributed by atoms with E-state index in [0.29, 0.717) is 18.7 Å². The van der Waals surface area contributed by atoms with Crippen LogP contribution in [0.3, 0.4) is 0 Å². The molecule has 4 rings (SSSR count). The van der Waals surface area contributed by atoms with E-state index in [1.165, 1.54) is 0 Å². The average molecular weight is 464 g/mol. The molecule has 0 aromatic heterocycles. The van der Waals surface area contributed by atoms with Crippen LogP contribution < -0.4 is 4.74 Å². The molecule has 2 aromatic rings. The number of likely N-dealkylation sites (tertiary alicyclic amines) is 1. The number of ether oxygens (including phenoxy) is 2. The highest BCUT2D eigenvalue weighted by atomic mass is 16.5. The number of carbonyl (C=O) groups is 2. The molecule has 1 N–H and O–H groups in total. The molecule has 0 radical (unpaired) electrons. The van der Waals surface area contributed by atoms with E-state index in [9.17, 15) is 14.7 Å². The van der Waals surface area contributed by atoms with Crippen molar-refractivity contribution in [2.45, 2.75) is 58.1 Å². The Hall–Kier alpha value is -3.12. The van der Waals surface area contributed by atoms with E-state index in [1.54, 1.807) is 24.1 Å². The van der Waals surface area contributed by atoms with E-state index in [-0.39, 0.29) is 23.4 Å². The summed E-state index contributed by atoms with van der Waals surface area (Å²) in [7, 11) is 1.61. The van der Waals surface area contributed by atoms with Gasteiger partial charge < -0.3 is 19.5 Å². The topological polar surface area (TPSA) is 76.1 Å². The highest BCUT2D eigenvalue weighted by Crippen LogP contribution is 2.41. The second-order valence-electron chi connectivity index (χ2n) is 9.29. The van der Waals surface area contributed by atoms with Crippen LogP contribution in [0, 0.1) is 0 Å². The molecule has 2 saturated heterocycles. The Balaban J connectivity index is 1.83. The SMILES string of the molecule is CCc1ccc(C2/C(=C(/O)c3ccc(OC)c(C(C)C)c3)C(=O)C(=O)N2CC2CCCO2)cc1. The highest BCUT2D eigenvalue weighted by molar-refractivity contribution is 6.46.